The predicted molar refractivity (Wildman–Crippen MR) is 90.7 cm³/mol. The second-order valence-electron chi connectivity index (χ2n) is 5.79. The number of sulfonamides is 1. The SMILES string of the molecule is CC(C)NC(=O)CNS(=O)(=O)c1cnc2c(c1)c(=O)n(C)c(=O)n2C. The van der Waals surface area contributed by atoms with Gasteiger partial charge in [-0.3, -0.25) is 18.7 Å². The molecule has 1 amide bonds. The van der Waals surface area contributed by atoms with Crippen LogP contribution in [0, 0.1) is 0 Å². The standard InChI is InChI=1S/C14H19N5O5S/c1-8(2)17-11(20)7-16-25(23,24)9-5-10-12(15-6-9)18(3)14(22)19(4)13(10)21/h5-6,8,16H,7H2,1-4H3,(H,17,20). The number of amides is 1. The van der Waals surface area contributed by atoms with Crippen molar-refractivity contribution in [1.29, 1.82) is 0 Å². The molecule has 136 valence electrons. The van der Waals surface area contributed by atoms with E-state index in [4.69, 9.17) is 0 Å². The maximum absolute atomic E-state index is 12.3. The summed E-state index contributed by atoms with van der Waals surface area (Å²) >= 11 is 0. The second kappa shape index (κ2) is 6.76. The van der Waals surface area contributed by atoms with Gasteiger partial charge in [0.1, 0.15) is 10.5 Å². The van der Waals surface area contributed by atoms with Gasteiger partial charge in [0.25, 0.3) is 5.56 Å². The normalized spacial score (nSPS) is 11.9. The van der Waals surface area contributed by atoms with Crippen molar-refractivity contribution in [3.8, 4) is 0 Å². The molecule has 0 radical (unpaired) electrons. The molecule has 0 aliphatic heterocycles. The van der Waals surface area contributed by atoms with Crippen molar-refractivity contribution in [1.82, 2.24) is 24.2 Å². The van der Waals surface area contributed by atoms with E-state index in [0.717, 1.165) is 21.4 Å². The van der Waals surface area contributed by atoms with Crippen molar-refractivity contribution in [2.24, 2.45) is 14.1 Å². The highest BCUT2D eigenvalue weighted by atomic mass is 32.2. The number of aromatic nitrogens is 3. The van der Waals surface area contributed by atoms with Crippen molar-refractivity contribution in [2.45, 2.75) is 24.8 Å². The van der Waals surface area contributed by atoms with Gasteiger partial charge in [-0.15, -0.1) is 0 Å². The Kier molecular flexibility index (Phi) is 5.09. The first kappa shape index (κ1) is 18.8. The summed E-state index contributed by atoms with van der Waals surface area (Å²) in [6.45, 7) is 3.06. The van der Waals surface area contributed by atoms with E-state index in [1.165, 1.54) is 14.1 Å². The molecule has 0 fully saturated rings. The second-order valence-corrected chi connectivity index (χ2v) is 7.56. The lowest BCUT2D eigenvalue weighted by molar-refractivity contribution is -0.120. The molecule has 0 saturated heterocycles. The fourth-order valence-electron chi connectivity index (χ4n) is 2.21. The third-order valence-electron chi connectivity index (χ3n) is 3.45. The van der Waals surface area contributed by atoms with Crippen LogP contribution in [0.15, 0.2) is 26.7 Å². The number of aryl methyl sites for hydroxylation is 1. The van der Waals surface area contributed by atoms with Gasteiger partial charge in [-0.1, -0.05) is 0 Å². The van der Waals surface area contributed by atoms with E-state index in [1.54, 1.807) is 13.8 Å². The molecule has 0 spiro atoms. The third kappa shape index (κ3) is 3.77. The Morgan fingerprint density at radius 3 is 2.48 bits per heavy atom. The molecule has 0 aliphatic carbocycles. The minimum absolute atomic E-state index is 0.0147. The third-order valence-corrected chi connectivity index (χ3v) is 4.82. The van der Waals surface area contributed by atoms with Crippen LogP contribution in [0.5, 0.6) is 0 Å². The number of nitrogens with one attached hydrogen (secondary N) is 2. The number of rotatable bonds is 5. The minimum Gasteiger partial charge on any atom is -0.353 e. The molecule has 25 heavy (non-hydrogen) atoms. The summed E-state index contributed by atoms with van der Waals surface area (Å²) in [5.41, 5.74) is -1.14. The molecule has 11 heteroatoms. The largest absolute Gasteiger partial charge is 0.353 e. The maximum atomic E-state index is 12.3. The quantitative estimate of drug-likeness (QED) is 0.655. The average Bonchev–Trinajstić information content (AvgIpc) is 2.55. The molecule has 0 atom stereocenters. The van der Waals surface area contributed by atoms with Gasteiger partial charge in [-0.05, 0) is 19.9 Å². The molecular formula is C14H19N5O5S. The first-order valence-electron chi connectivity index (χ1n) is 7.39. The summed E-state index contributed by atoms with van der Waals surface area (Å²) in [6, 6.07) is 1.01. The Bertz CT molecular complexity index is 1050. The molecule has 0 bridgehead atoms. The summed E-state index contributed by atoms with van der Waals surface area (Å²) in [5, 5.41) is 2.54. The van der Waals surface area contributed by atoms with Crippen LogP contribution in [-0.2, 0) is 28.9 Å². The zero-order valence-electron chi connectivity index (χ0n) is 14.2. The number of pyridine rings is 1. The van der Waals surface area contributed by atoms with Crippen LogP contribution in [0.25, 0.3) is 11.0 Å². The van der Waals surface area contributed by atoms with Crippen LogP contribution >= 0.6 is 0 Å². The van der Waals surface area contributed by atoms with Crippen LogP contribution in [-0.4, -0.2) is 41.0 Å². The van der Waals surface area contributed by atoms with E-state index < -0.39 is 33.7 Å². The van der Waals surface area contributed by atoms with E-state index in [-0.39, 0.29) is 22.0 Å². The van der Waals surface area contributed by atoms with E-state index in [2.05, 4.69) is 15.0 Å². The summed E-state index contributed by atoms with van der Waals surface area (Å²) < 4.78 is 28.8. The monoisotopic (exact) mass is 369 g/mol. The molecule has 0 aliphatic rings. The van der Waals surface area contributed by atoms with Gasteiger partial charge in [0, 0.05) is 26.3 Å². The first-order chi connectivity index (χ1) is 11.5. The zero-order valence-corrected chi connectivity index (χ0v) is 15.0. The molecule has 2 aromatic heterocycles. The van der Waals surface area contributed by atoms with Gasteiger partial charge >= 0.3 is 5.69 Å². The Labute approximate surface area is 143 Å². The van der Waals surface area contributed by atoms with Crippen molar-refractivity contribution in [3.63, 3.8) is 0 Å². The molecule has 10 nitrogen and oxygen atoms in total. The lowest BCUT2D eigenvalue weighted by Crippen LogP contribution is -2.40. The number of nitrogens with zero attached hydrogens (tertiary/aromatic N) is 3. The van der Waals surface area contributed by atoms with E-state index in [0.29, 0.717) is 0 Å². The Hall–Kier alpha value is -2.53. The molecule has 2 rings (SSSR count). The van der Waals surface area contributed by atoms with Crippen LogP contribution in [0.4, 0.5) is 0 Å². The van der Waals surface area contributed by atoms with Gasteiger partial charge < -0.3 is 5.32 Å². The lowest BCUT2D eigenvalue weighted by Gasteiger charge is -2.11. The van der Waals surface area contributed by atoms with Crippen molar-refractivity contribution in [3.05, 3.63) is 33.1 Å². The van der Waals surface area contributed by atoms with Gasteiger partial charge in [0.15, 0.2) is 0 Å². The van der Waals surface area contributed by atoms with Crippen molar-refractivity contribution in [2.75, 3.05) is 6.54 Å². The van der Waals surface area contributed by atoms with E-state index >= 15 is 0 Å². The fourth-order valence-corrected chi connectivity index (χ4v) is 3.16. The van der Waals surface area contributed by atoms with E-state index in [9.17, 15) is 22.8 Å². The number of carbonyl (C=O) groups excluding carboxylic acids is 1. The summed E-state index contributed by atoms with van der Waals surface area (Å²) in [7, 11) is -1.32. The fraction of sp³-hybridized carbons (Fsp3) is 0.429. The average molecular weight is 369 g/mol. The van der Waals surface area contributed by atoms with Crippen LogP contribution in [0.3, 0.4) is 0 Å². The maximum Gasteiger partial charge on any atom is 0.332 e. The summed E-state index contributed by atoms with van der Waals surface area (Å²) in [4.78, 5) is 39.3. The zero-order chi connectivity index (χ0) is 18.9. The molecular weight excluding hydrogens is 350 g/mol. The minimum atomic E-state index is -4.04. The van der Waals surface area contributed by atoms with Crippen molar-refractivity contribution < 1.29 is 13.2 Å². The topological polar surface area (TPSA) is 132 Å². The number of hydrogen-bond donors (Lipinski definition) is 2. The molecule has 2 aromatic rings. The summed E-state index contributed by atoms with van der Waals surface area (Å²) in [6.07, 6.45) is 1.03. The molecule has 2 N–H and O–H groups in total. The Balaban J connectivity index is 2.43. The van der Waals surface area contributed by atoms with Gasteiger partial charge in [0.2, 0.25) is 15.9 Å². The van der Waals surface area contributed by atoms with Crippen LogP contribution in [0.1, 0.15) is 13.8 Å². The highest BCUT2D eigenvalue weighted by Gasteiger charge is 2.19. The first-order valence-corrected chi connectivity index (χ1v) is 8.87. The van der Waals surface area contributed by atoms with Crippen molar-refractivity contribution >= 4 is 27.0 Å². The Morgan fingerprint density at radius 1 is 1.24 bits per heavy atom. The van der Waals surface area contributed by atoms with E-state index in [1.807, 2.05) is 0 Å². The molecule has 0 saturated carbocycles. The van der Waals surface area contributed by atoms with Crippen LogP contribution in [0.2, 0.25) is 0 Å². The lowest BCUT2D eigenvalue weighted by atomic mass is 10.3. The summed E-state index contributed by atoms with van der Waals surface area (Å²) in [5.74, 6) is -0.481. The van der Waals surface area contributed by atoms with Gasteiger partial charge in [0.05, 0.1) is 11.9 Å². The number of fused-ring (bicyclic) bond motifs is 1. The number of hydrogen-bond acceptors (Lipinski definition) is 6. The van der Waals surface area contributed by atoms with Crippen LogP contribution < -0.4 is 21.3 Å². The highest BCUT2D eigenvalue weighted by Crippen LogP contribution is 2.12. The molecule has 0 unspecified atom stereocenters. The predicted octanol–water partition coefficient (Wildman–Crippen LogP) is -1.56. The smallest absolute Gasteiger partial charge is 0.332 e. The highest BCUT2D eigenvalue weighted by molar-refractivity contribution is 7.89. The number of carbonyl (C=O) groups is 1. The molecule has 0 aromatic carbocycles. The molecule has 2 heterocycles. The Morgan fingerprint density at radius 2 is 1.88 bits per heavy atom. The van der Waals surface area contributed by atoms with Gasteiger partial charge in [-0.2, -0.15) is 0 Å². The van der Waals surface area contributed by atoms with Gasteiger partial charge in [-0.25, -0.2) is 22.9 Å².